The summed E-state index contributed by atoms with van der Waals surface area (Å²) >= 11 is 0. The van der Waals surface area contributed by atoms with Crippen molar-refractivity contribution in [2.24, 2.45) is 5.73 Å². The van der Waals surface area contributed by atoms with Crippen molar-refractivity contribution in [3.8, 4) is 11.1 Å². The first-order chi connectivity index (χ1) is 8.50. The largest absolute Gasteiger partial charge is 0.324 e. The third-order valence-corrected chi connectivity index (χ3v) is 3.40. The van der Waals surface area contributed by atoms with E-state index in [0.717, 1.165) is 0 Å². The predicted octanol–water partition coefficient (Wildman–Crippen LogP) is 4.30. The molecule has 1 nitrogen and oxygen atoms in total. The molecule has 0 bridgehead atoms. The Labute approximate surface area is 110 Å². The quantitative estimate of drug-likeness (QED) is 0.830. The first-order valence-electron chi connectivity index (χ1n) is 6.43. The minimum absolute atomic E-state index is 0.0568. The highest BCUT2D eigenvalue weighted by molar-refractivity contribution is 5.74. The molecule has 0 heterocycles. The van der Waals surface area contributed by atoms with E-state index < -0.39 is 0 Å². The zero-order chi connectivity index (χ0) is 13.3. The summed E-state index contributed by atoms with van der Waals surface area (Å²) in [6.07, 6.45) is 0. The summed E-state index contributed by atoms with van der Waals surface area (Å²) in [4.78, 5) is 0. The SMILES string of the molecule is Cc1cc(C)c(-c2ccccc2C(C)N)c(C)c1. The van der Waals surface area contributed by atoms with Crippen LogP contribution in [0.15, 0.2) is 36.4 Å². The molecule has 0 aromatic heterocycles. The van der Waals surface area contributed by atoms with E-state index in [1.54, 1.807) is 0 Å². The van der Waals surface area contributed by atoms with Crippen molar-refractivity contribution in [1.82, 2.24) is 0 Å². The second kappa shape index (κ2) is 4.95. The summed E-state index contributed by atoms with van der Waals surface area (Å²) in [6.45, 7) is 8.53. The Morgan fingerprint density at radius 2 is 1.50 bits per heavy atom. The number of rotatable bonds is 2. The zero-order valence-electron chi connectivity index (χ0n) is 11.6. The van der Waals surface area contributed by atoms with Crippen LogP contribution in [-0.4, -0.2) is 0 Å². The van der Waals surface area contributed by atoms with Crippen molar-refractivity contribution in [2.45, 2.75) is 33.7 Å². The van der Waals surface area contributed by atoms with Crippen LogP contribution in [0.2, 0.25) is 0 Å². The minimum atomic E-state index is 0.0568. The van der Waals surface area contributed by atoms with E-state index in [0.29, 0.717) is 0 Å². The van der Waals surface area contributed by atoms with E-state index in [2.05, 4.69) is 57.2 Å². The molecule has 2 aromatic rings. The molecule has 0 amide bonds. The van der Waals surface area contributed by atoms with Crippen LogP contribution in [0, 0.1) is 20.8 Å². The Hall–Kier alpha value is -1.60. The molecule has 0 aliphatic carbocycles. The molecule has 18 heavy (non-hydrogen) atoms. The predicted molar refractivity (Wildman–Crippen MR) is 78.7 cm³/mol. The summed E-state index contributed by atoms with van der Waals surface area (Å²) < 4.78 is 0. The Balaban J connectivity index is 2.70. The highest BCUT2D eigenvalue weighted by atomic mass is 14.6. The second-order valence-electron chi connectivity index (χ2n) is 5.15. The number of aryl methyl sites for hydroxylation is 3. The van der Waals surface area contributed by atoms with Crippen molar-refractivity contribution in [3.05, 3.63) is 58.7 Å². The van der Waals surface area contributed by atoms with Gasteiger partial charge in [0.25, 0.3) is 0 Å². The van der Waals surface area contributed by atoms with Gasteiger partial charge in [-0.2, -0.15) is 0 Å². The summed E-state index contributed by atoms with van der Waals surface area (Å²) in [5.41, 5.74) is 13.8. The zero-order valence-corrected chi connectivity index (χ0v) is 11.6. The molecule has 2 N–H and O–H groups in total. The molecule has 0 saturated carbocycles. The van der Waals surface area contributed by atoms with Crippen LogP contribution >= 0.6 is 0 Å². The smallest absolute Gasteiger partial charge is 0.0272 e. The summed E-state index contributed by atoms with van der Waals surface area (Å²) in [6, 6.07) is 13.0. The maximum Gasteiger partial charge on any atom is 0.0272 e. The normalized spacial score (nSPS) is 12.5. The van der Waals surface area contributed by atoms with Crippen LogP contribution in [0.5, 0.6) is 0 Å². The monoisotopic (exact) mass is 239 g/mol. The molecule has 2 aromatic carbocycles. The molecular weight excluding hydrogens is 218 g/mol. The highest BCUT2D eigenvalue weighted by Crippen LogP contribution is 2.32. The Morgan fingerprint density at radius 3 is 2.06 bits per heavy atom. The average Bonchev–Trinajstić information content (AvgIpc) is 2.28. The lowest BCUT2D eigenvalue weighted by molar-refractivity contribution is 0.820. The third kappa shape index (κ3) is 2.32. The lowest BCUT2D eigenvalue weighted by atomic mass is 9.89. The fraction of sp³-hybridized carbons (Fsp3) is 0.294. The molecule has 0 saturated heterocycles. The number of hydrogen-bond donors (Lipinski definition) is 1. The molecular formula is C17H21N. The van der Waals surface area contributed by atoms with E-state index in [1.165, 1.54) is 33.4 Å². The highest BCUT2D eigenvalue weighted by Gasteiger charge is 2.12. The fourth-order valence-corrected chi connectivity index (χ4v) is 2.73. The first-order valence-corrected chi connectivity index (χ1v) is 6.43. The Bertz CT molecular complexity index is 545. The lowest BCUT2D eigenvalue weighted by Crippen LogP contribution is -2.07. The van der Waals surface area contributed by atoms with Gasteiger partial charge in [0, 0.05) is 6.04 Å². The van der Waals surface area contributed by atoms with Gasteiger partial charge in [-0.25, -0.2) is 0 Å². The molecule has 0 radical (unpaired) electrons. The van der Waals surface area contributed by atoms with Crippen LogP contribution < -0.4 is 5.73 Å². The van der Waals surface area contributed by atoms with E-state index in [-0.39, 0.29) is 6.04 Å². The van der Waals surface area contributed by atoms with Crippen molar-refractivity contribution < 1.29 is 0 Å². The van der Waals surface area contributed by atoms with Crippen LogP contribution in [-0.2, 0) is 0 Å². The molecule has 1 heteroatoms. The minimum Gasteiger partial charge on any atom is -0.324 e. The fourth-order valence-electron chi connectivity index (χ4n) is 2.73. The van der Waals surface area contributed by atoms with Crippen molar-refractivity contribution in [1.29, 1.82) is 0 Å². The molecule has 0 fully saturated rings. The first kappa shape index (κ1) is 12.8. The molecule has 0 spiro atoms. The summed E-state index contributed by atoms with van der Waals surface area (Å²) in [5.74, 6) is 0. The third-order valence-electron chi connectivity index (χ3n) is 3.40. The number of benzene rings is 2. The van der Waals surface area contributed by atoms with E-state index in [4.69, 9.17) is 5.73 Å². The lowest BCUT2D eigenvalue weighted by Gasteiger charge is -2.17. The van der Waals surface area contributed by atoms with Crippen LogP contribution in [0.4, 0.5) is 0 Å². The van der Waals surface area contributed by atoms with Crippen molar-refractivity contribution >= 4 is 0 Å². The van der Waals surface area contributed by atoms with Gasteiger partial charge in [-0.15, -0.1) is 0 Å². The molecule has 1 atom stereocenters. The average molecular weight is 239 g/mol. The van der Waals surface area contributed by atoms with Gasteiger partial charge in [-0.05, 0) is 55.5 Å². The molecule has 0 aliphatic heterocycles. The standard InChI is InChI=1S/C17H21N/c1-11-9-12(2)17(13(3)10-11)16-8-6-5-7-15(16)14(4)18/h5-10,14H,18H2,1-4H3. The van der Waals surface area contributed by atoms with Crippen molar-refractivity contribution in [2.75, 3.05) is 0 Å². The van der Waals surface area contributed by atoms with E-state index in [1.807, 2.05) is 6.92 Å². The van der Waals surface area contributed by atoms with Crippen LogP contribution in [0.1, 0.15) is 35.2 Å². The Kier molecular flexibility index (Phi) is 3.53. The van der Waals surface area contributed by atoms with Crippen molar-refractivity contribution in [3.63, 3.8) is 0 Å². The van der Waals surface area contributed by atoms with Gasteiger partial charge in [0.2, 0.25) is 0 Å². The van der Waals surface area contributed by atoms with Gasteiger partial charge < -0.3 is 5.73 Å². The molecule has 1 unspecified atom stereocenters. The maximum absolute atomic E-state index is 6.08. The van der Waals surface area contributed by atoms with Gasteiger partial charge in [-0.3, -0.25) is 0 Å². The Morgan fingerprint density at radius 1 is 0.944 bits per heavy atom. The maximum atomic E-state index is 6.08. The van der Waals surface area contributed by atoms with Gasteiger partial charge >= 0.3 is 0 Å². The van der Waals surface area contributed by atoms with Crippen LogP contribution in [0.25, 0.3) is 11.1 Å². The molecule has 94 valence electrons. The number of nitrogens with two attached hydrogens (primary N) is 1. The summed E-state index contributed by atoms with van der Waals surface area (Å²) in [5, 5.41) is 0. The van der Waals surface area contributed by atoms with E-state index in [9.17, 15) is 0 Å². The van der Waals surface area contributed by atoms with Crippen LogP contribution in [0.3, 0.4) is 0 Å². The van der Waals surface area contributed by atoms with E-state index >= 15 is 0 Å². The second-order valence-corrected chi connectivity index (χ2v) is 5.15. The number of hydrogen-bond acceptors (Lipinski definition) is 1. The van der Waals surface area contributed by atoms with Gasteiger partial charge in [0.1, 0.15) is 0 Å². The molecule has 2 rings (SSSR count). The van der Waals surface area contributed by atoms with Gasteiger partial charge in [-0.1, -0.05) is 42.0 Å². The topological polar surface area (TPSA) is 26.0 Å². The van der Waals surface area contributed by atoms with Gasteiger partial charge in [0.15, 0.2) is 0 Å². The molecule has 0 aliphatic rings. The van der Waals surface area contributed by atoms with Gasteiger partial charge in [0.05, 0.1) is 0 Å². The summed E-state index contributed by atoms with van der Waals surface area (Å²) in [7, 11) is 0.